The normalized spacial score (nSPS) is 13.7. The second-order valence-electron chi connectivity index (χ2n) is 4.86. The lowest BCUT2D eigenvalue weighted by Gasteiger charge is -2.17. The quantitative estimate of drug-likeness (QED) is 0.814. The van der Waals surface area contributed by atoms with Gasteiger partial charge in [0.05, 0.1) is 6.10 Å². The summed E-state index contributed by atoms with van der Waals surface area (Å²) in [4.78, 5) is 11.9. The molecule has 0 fully saturated rings. The molecule has 0 aromatic heterocycles. The first-order valence-corrected chi connectivity index (χ1v) is 7.20. The summed E-state index contributed by atoms with van der Waals surface area (Å²) in [6, 6.07) is 5.25. The number of carbonyl (C=O) groups is 1. The van der Waals surface area contributed by atoms with Crippen LogP contribution in [0.3, 0.4) is 0 Å². The van der Waals surface area contributed by atoms with Gasteiger partial charge in [0.15, 0.2) is 6.10 Å². The molecular weight excluding hydrogens is 278 g/mol. The van der Waals surface area contributed by atoms with Crippen LogP contribution < -0.4 is 10.1 Å². The van der Waals surface area contributed by atoms with Crippen molar-refractivity contribution < 1.29 is 14.6 Å². The summed E-state index contributed by atoms with van der Waals surface area (Å²) >= 11 is 5.87. The molecule has 0 aliphatic heterocycles. The van der Waals surface area contributed by atoms with Gasteiger partial charge in [0.25, 0.3) is 5.91 Å². The van der Waals surface area contributed by atoms with E-state index in [-0.39, 0.29) is 12.5 Å². The number of benzene rings is 1. The molecule has 1 aromatic carbocycles. The lowest BCUT2D eigenvalue weighted by Crippen LogP contribution is -2.40. The molecule has 0 spiro atoms. The predicted octanol–water partition coefficient (Wildman–Crippen LogP) is 2.69. The number of hydrogen-bond acceptors (Lipinski definition) is 3. The first-order valence-electron chi connectivity index (χ1n) is 6.82. The maximum absolute atomic E-state index is 11.9. The van der Waals surface area contributed by atoms with Crippen LogP contribution >= 0.6 is 11.6 Å². The van der Waals surface area contributed by atoms with E-state index in [1.54, 1.807) is 25.1 Å². The van der Waals surface area contributed by atoms with Crippen LogP contribution in [0.25, 0.3) is 0 Å². The van der Waals surface area contributed by atoms with Gasteiger partial charge < -0.3 is 15.2 Å². The summed E-state index contributed by atoms with van der Waals surface area (Å²) in [5, 5.41) is 12.9. The molecule has 1 amide bonds. The standard InChI is InChI=1S/C15H22ClNO3/c1-4-5-13(18)9-17-15(19)11(3)20-14-7-6-12(16)8-10(14)2/h6-8,11,13,18H,4-5,9H2,1-3H3,(H,17,19). The first kappa shape index (κ1) is 16.8. The third kappa shape index (κ3) is 5.39. The number of rotatable bonds is 7. The van der Waals surface area contributed by atoms with Gasteiger partial charge in [-0.1, -0.05) is 24.9 Å². The molecule has 0 heterocycles. The van der Waals surface area contributed by atoms with Crippen molar-refractivity contribution in [2.45, 2.75) is 45.8 Å². The highest BCUT2D eigenvalue weighted by Crippen LogP contribution is 2.22. The Morgan fingerprint density at radius 3 is 2.80 bits per heavy atom. The molecule has 0 radical (unpaired) electrons. The minimum Gasteiger partial charge on any atom is -0.481 e. The van der Waals surface area contributed by atoms with Crippen molar-refractivity contribution >= 4 is 17.5 Å². The van der Waals surface area contributed by atoms with Crippen LogP contribution in [0, 0.1) is 6.92 Å². The number of aliphatic hydroxyl groups excluding tert-OH is 1. The topological polar surface area (TPSA) is 58.6 Å². The van der Waals surface area contributed by atoms with E-state index in [0.717, 1.165) is 12.0 Å². The monoisotopic (exact) mass is 299 g/mol. The van der Waals surface area contributed by atoms with Crippen LogP contribution in [-0.2, 0) is 4.79 Å². The summed E-state index contributed by atoms with van der Waals surface area (Å²) in [6.45, 7) is 5.78. The number of carbonyl (C=O) groups excluding carboxylic acids is 1. The molecule has 0 saturated carbocycles. The van der Waals surface area contributed by atoms with Gasteiger partial charge in [-0.2, -0.15) is 0 Å². The Morgan fingerprint density at radius 2 is 2.20 bits per heavy atom. The molecule has 1 aromatic rings. The van der Waals surface area contributed by atoms with Crippen molar-refractivity contribution in [3.63, 3.8) is 0 Å². The van der Waals surface area contributed by atoms with Crippen LogP contribution in [0.2, 0.25) is 5.02 Å². The Labute approximate surface area is 125 Å². The Hall–Kier alpha value is -1.26. The van der Waals surface area contributed by atoms with E-state index < -0.39 is 12.2 Å². The fourth-order valence-electron chi connectivity index (χ4n) is 1.79. The fourth-order valence-corrected chi connectivity index (χ4v) is 2.01. The molecule has 0 aliphatic carbocycles. The molecule has 20 heavy (non-hydrogen) atoms. The zero-order chi connectivity index (χ0) is 15.1. The van der Waals surface area contributed by atoms with Crippen LogP contribution in [0.5, 0.6) is 5.75 Å². The minimum absolute atomic E-state index is 0.241. The minimum atomic E-state index is -0.622. The molecule has 112 valence electrons. The molecule has 0 aliphatic rings. The van der Waals surface area contributed by atoms with E-state index >= 15 is 0 Å². The predicted molar refractivity (Wildman–Crippen MR) is 80.2 cm³/mol. The largest absolute Gasteiger partial charge is 0.481 e. The van der Waals surface area contributed by atoms with E-state index in [2.05, 4.69) is 5.32 Å². The third-order valence-corrected chi connectivity index (χ3v) is 3.18. The van der Waals surface area contributed by atoms with Crippen molar-refractivity contribution in [3.05, 3.63) is 28.8 Å². The van der Waals surface area contributed by atoms with Crippen LogP contribution in [-0.4, -0.2) is 29.8 Å². The number of aryl methyl sites for hydroxylation is 1. The SMILES string of the molecule is CCCC(O)CNC(=O)C(C)Oc1ccc(Cl)cc1C. The zero-order valence-corrected chi connectivity index (χ0v) is 12.9. The van der Waals surface area contributed by atoms with Crippen molar-refractivity contribution in [2.75, 3.05) is 6.54 Å². The van der Waals surface area contributed by atoms with Gasteiger partial charge in [-0.25, -0.2) is 0 Å². The lowest BCUT2D eigenvalue weighted by molar-refractivity contribution is -0.127. The Kier molecular flexibility index (Phi) is 6.82. The highest BCUT2D eigenvalue weighted by molar-refractivity contribution is 6.30. The summed E-state index contributed by atoms with van der Waals surface area (Å²) in [5.41, 5.74) is 0.878. The van der Waals surface area contributed by atoms with Crippen molar-refractivity contribution in [1.82, 2.24) is 5.32 Å². The van der Waals surface area contributed by atoms with Crippen molar-refractivity contribution in [1.29, 1.82) is 0 Å². The Morgan fingerprint density at radius 1 is 1.50 bits per heavy atom. The first-order chi connectivity index (χ1) is 9.43. The van der Waals surface area contributed by atoms with Gasteiger partial charge in [0, 0.05) is 11.6 Å². The zero-order valence-electron chi connectivity index (χ0n) is 12.1. The smallest absolute Gasteiger partial charge is 0.260 e. The Balaban J connectivity index is 2.49. The maximum Gasteiger partial charge on any atom is 0.260 e. The van der Waals surface area contributed by atoms with Crippen molar-refractivity contribution in [3.8, 4) is 5.75 Å². The van der Waals surface area contributed by atoms with E-state index in [9.17, 15) is 9.90 Å². The van der Waals surface area contributed by atoms with Crippen LogP contribution in [0.4, 0.5) is 0 Å². The summed E-state index contributed by atoms with van der Waals surface area (Å²) < 4.78 is 5.60. The number of nitrogens with one attached hydrogen (secondary N) is 1. The summed E-state index contributed by atoms with van der Waals surface area (Å²) in [6.07, 6.45) is 0.427. The van der Waals surface area contributed by atoms with Gasteiger partial charge in [-0.15, -0.1) is 0 Å². The van der Waals surface area contributed by atoms with E-state index in [4.69, 9.17) is 16.3 Å². The number of hydrogen-bond donors (Lipinski definition) is 2. The molecule has 2 unspecified atom stereocenters. The molecule has 1 rings (SSSR count). The van der Waals surface area contributed by atoms with Gasteiger partial charge >= 0.3 is 0 Å². The van der Waals surface area contributed by atoms with E-state index in [1.807, 2.05) is 13.8 Å². The molecule has 2 N–H and O–H groups in total. The molecule has 0 bridgehead atoms. The van der Waals surface area contributed by atoms with E-state index in [0.29, 0.717) is 17.2 Å². The number of halogens is 1. The van der Waals surface area contributed by atoms with Gasteiger partial charge in [0.2, 0.25) is 0 Å². The number of amides is 1. The maximum atomic E-state index is 11.9. The third-order valence-electron chi connectivity index (χ3n) is 2.94. The van der Waals surface area contributed by atoms with Crippen LogP contribution in [0.1, 0.15) is 32.3 Å². The molecular formula is C15H22ClNO3. The second-order valence-corrected chi connectivity index (χ2v) is 5.29. The van der Waals surface area contributed by atoms with Gasteiger partial charge in [-0.3, -0.25) is 4.79 Å². The average molecular weight is 300 g/mol. The molecule has 0 saturated heterocycles. The summed E-state index contributed by atoms with van der Waals surface area (Å²) in [5.74, 6) is 0.389. The second kappa shape index (κ2) is 8.12. The van der Waals surface area contributed by atoms with E-state index in [1.165, 1.54) is 0 Å². The molecule has 2 atom stereocenters. The number of ether oxygens (including phenoxy) is 1. The molecule has 5 heteroatoms. The summed E-state index contributed by atoms with van der Waals surface area (Å²) in [7, 11) is 0. The van der Waals surface area contributed by atoms with Crippen LogP contribution in [0.15, 0.2) is 18.2 Å². The number of aliphatic hydroxyl groups is 1. The highest BCUT2D eigenvalue weighted by Gasteiger charge is 2.16. The van der Waals surface area contributed by atoms with Crippen molar-refractivity contribution in [2.24, 2.45) is 0 Å². The van der Waals surface area contributed by atoms with Gasteiger partial charge in [0.1, 0.15) is 5.75 Å². The Bertz CT molecular complexity index is 451. The fraction of sp³-hybridized carbons (Fsp3) is 0.533. The average Bonchev–Trinajstić information content (AvgIpc) is 2.39. The highest BCUT2D eigenvalue weighted by atomic mass is 35.5. The lowest BCUT2D eigenvalue weighted by atomic mass is 10.2. The van der Waals surface area contributed by atoms with Gasteiger partial charge in [-0.05, 0) is 44.0 Å². The molecule has 4 nitrogen and oxygen atoms in total.